The van der Waals surface area contributed by atoms with Crippen LogP contribution in [0.5, 0.6) is 5.75 Å². The van der Waals surface area contributed by atoms with Crippen LogP contribution in [0.2, 0.25) is 0 Å². The Bertz CT molecular complexity index is 1440. The summed E-state index contributed by atoms with van der Waals surface area (Å²) in [4.78, 5) is 17.8. The number of imidazole rings is 1. The summed E-state index contributed by atoms with van der Waals surface area (Å²) >= 11 is 0. The van der Waals surface area contributed by atoms with Gasteiger partial charge in [0.2, 0.25) is 0 Å². The third-order valence-electron chi connectivity index (χ3n) is 8.62. The average molecular weight is 514 g/mol. The predicted octanol–water partition coefficient (Wildman–Crippen LogP) is 7.04. The van der Waals surface area contributed by atoms with E-state index in [-0.39, 0.29) is 11.7 Å². The Kier molecular flexibility index (Phi) is 7.50. The van der Waals surface area contributed by atoms with E-state index in [1.165, 1.54) is 51.4 Å². The molecule has 4 aromatic rings. The van der Waals surface area contributed by atoms with Gasteiger partial charge in [-0.3, -0.25) is 14.1 Å². The maximum Gasteiger partial charge on any atom is 0.329 e. The summed E-state index contributed by atoms with van der Waals surface area (Å²) in [6, 6.07) is 14.8. The van der Waals surface area contributed by atoms with E-state index < -0.39 is 0 Å². The molecule has 6 rings (SSSR count). The quantitative estimate of drug-likeness (QED) is 0.249. The standard InChI is InChI=1S/C32H39N3O3/c1-34-30-21-33-29-16-13-25(20-28(29)31(30)35(32(34)36)26-17-19-37-22-26)24-11-14-27(15-12-24)38-18-7-10-23-8-5-3-2-4-6-9-23/h11-16,20-21,23,26H,2-10,17-19,22H2,1H3/t26-/m0/s1. The van der Waals surface area contributed by atoms with Gasteiger partial charge in [-0.15, -0.1) is 0 Å². The fourth-order valence-corrected chi connectivity index (χ4v) is 6.41. The van der Waals surface area contributed by atoms with E-state index in [0.717, 1.165) is 64.2 Å². The van der Waals surface area contributed by atoms with Gasteiger partial charge < -0.3 is 9.47 Å². The van der Waals surface area contributed by atoms with E-state index in [9.17, 15) is 4.79 Å². The SMILES string of the molecule is Cn1c(=O)n([C@H]2CCOC2)c2c3cc(-c4ccc(OCCCC5CCCCCCC5)cc4)ccc3ncc21. The number of hydrogen-bond donors (Lipinski definition) is 0. The lowest BCUT2D eigenvalue weighted by Crippen LogP contribution is -2.26. The molecule has 200 valence electrons. The van der Waals surface area contributed by atoms with Crippen LogP contribution in [-0.2, 0) is 11.8 Å². The Balaban J connectivity index is 1.19. The second-order valence-corrected chi connectivity index (χ2v) is 11.2. The van der Waals surface area contributed by atoms with Crippen LogP contribution >= 0.6 is 0 Å². The molecule has 1 atom stereocenters. The Hall–Kier alpha value is -3.12. The largest absolute Gasteiger partial charge is 0.494 e. The second kappa shape index (κ2) is 11.3. The molecule has 0 unspecified atom stereocenters. The van der Waals surface area contributed by atoms with Gasteiger partial charge in [0.25, 0.3) is 0 Å². The van der Waals surface area contributed by atoms with Crippen LogP contribution in [0.3, 0.4) is 0 Å². The fraction of sp³-hybridized carbons (Fsp3) is 0.500. The number of fused-ring (bicyclic) bond motifs is 3. The molecule has 0 radical (unpaired) electrons. The van der Waals surface area contributed by atoms with Gasteiger partial charge in [0, 0.05) is 19.0 Å². The van der Waals surface area contributed by atoms with Crippen LogP contribution in [0, 0.1) is 5.92 Å². The molecule has 2 aromatic carbocycles. The summed E-state index contributed by atoms with van der Waals surface area (Å²) in [7, 11) is 1.82. The van der Waals surface area contributed by atoms with Crippen LogP contribution in [0.1, 0.15) is 70.3 Å². The Labute approximate surface area is 224 Å². The first-order valence-corrected chi connectivity index (χ1v) is 14.5. The number of hydrogen-bond acceptors (Lipinski definition) is 4. The van der Waals surface area contributed by atoms with Gasteiger partial charge in [0.1, 0.15) is 5.75 Å². The number of rotatable bonds is 7. The highest BCUT2D eigenvalue weighted by Crippen LogP contribution is 2.32. The number of benzene rings is 2. The lowest BCUT2D eigenvalue weighted by Gasteiger charge is -2.19. The molecule has 0 spiro atoms. The normalized spacial score (nSPS) is 19.1. The molecule has 0 N–H and O–H groups in total. The molecule has 1 aliphatic heterocycles. The van der Waals surface area contributed by atoms with Gasteiger partial charge in [0.05, 0.1) is 42.0 Å². The predicted molar refractivity (Wildman–Crippen MR) is 153 cm³/mol. The van der Waals surface area contributed by atoms with Crippen LogP contribution in [0.15, 0.2) is 53.5 Å². The second-order valence-electron chi connectivity index (χ2n) is 11.2. The third-order valence-corrected chi connectivity index (χ3v) is 8.62. The molecule has 2 aliphatic rings. The number of ether oxygens (including phenoxy) is 2. The third kappa shape index (κ3) is 5.11. The van der Waals surface area contributed by atoms with E-state index in [0.29, 0.717) is 13.2 Å². The minimum atomic E-state index is -0.00811. The summed E-state index contributed by atoms with van der Waals surface area (Å²) in [6.07, 6.45) is 14.9. The van der Waals surface area contributed by atoms with Gasteiger partial charge >= 0.3 is 5.69 Å². The van der Waals surface area contributed by atoms with Gasteiger partial charge in [-0.05, 0) is 60.6 Å². The first-order chi connectivity index (χ1) is 18.7. The molecule has 6 heteroatoms. The minimum absolute atomic E-state index is 0.00811. The van der Waals surface area contributed by atoms with Gasteiger partial charge in [0.15, 0.2) is 0 Å². The van der Waals surface area contributed by atoms with Crippen molar-refractivity contribution in [1.29, 1.82) is 0 Å². The molecule has 6 nitrogen and oxygen atoms in total. The highest BCUT2D eigenvalue weighted by molar-refractivity contribution is 6.04. The van der Waals surface area contributed by atoms with Gasteiger partial charge in [-0.25, -0.2) is 4.79 Å². The zero-order chi connectivity index (χ0) is 25.9. The molecule has 38 heavy (non-hydrogen) atoms. The molecule has 1 saturated heterocycles. The summed E-state index contributed by atoms with van der Waals surface area (Å²) in [5.41, 5.74) is 4.92. The highest BCUT2D eigenvalue weighted by Gasteiger charge is 2.25. The Morgan fingerprint density at radius 2 is 1.74 bits per heavy atom. The van der Waals surface area contributed by atoms with Crippen molar-refractivity contribution in [2.75, 3.05) is 19.8 Å². The highest BCUT2D eigenvalue weighted by atomic mass is 16.5. The summed E-state index contributed by atoms with van der Waals surface area (Å²) < 4.78 is 15.3. The van der Waals surface area contributed by atoms with Crippen LogP contribution in [0.25, 0.3) is 33.1 Å². The van der Waals surface area contributed by atoms with E-state index in [1.54, 1.807) is 4.57 Å². The maximum absolute atomic E-state index is 13.2. The van der Waals surface area contributed by atoms with Crippen molar-refractivity contribution in [2.45, 2.75) is 70.3 Å². The lowest BCUT2D eigenvalue weighted by molar-refractivity contribution is 0.186. The van der Waals surface area contributed by atoms with Crippen molar-refractivity contribution in [3.05, 3.63) is 59.1 Å². The zero-order valence-electron chi connectivity index (χ0n) is 22.5. The molecular formula is C32H39N3O3. The first-order valence-electron chi connectivity index (χ1n) is 14.5. The lowest BCUT2D eigenvalue weighted by atomic mass is 9.88. The van der Waals surface area contributed by atoms with E-state index in [4.69, 9.17) is 9.47 Å². The van der Waals surface area contributed by atoms with Crippen LogP contribution in [-0.4, -0.2) is 33.9 Å². The molecule has 3 heterocycles. The fourth-order valence-electron chi connectivity index (χ4n) is 6.41. The topological polar surface area (TPSA) is 58.3 Å². The number of pyridine rings is 1. The van der Waals surface area contributed by atoms with Crippen LogP contribution < -0.4 is 10.4 Å². The van der Waals surface area contributed by atoms with Crippen molar-refractivity contribution in [3.63, 3.8) is 0 Å². The molecule has 1 saturated carbocycles. The summed E-state index contributed by atoms with van der Waals surface area (Å²) in [5, 5.41) is 0.999. The van der Waals surface area contributed by atoms with Crippen molar-refractivity contribution in [1.82, 2.24) is 14.1 Å². The monoisotopic (exact) mass is 513 g/mol. The summed E-state index contributed by atoms with van der Waals surface area (Å²) in [6.45, 7) is 2.05. The van der Waals surface area contributed by atoms with E-state index in [2.05, 4.69) is 47.4 Å². The number of nitrogens with zero attached hydrogens (tertiary/aromatic N) is 3. The Morgan fingerprint density at radius 3 is 2.50 bits per heavy atom. The van der Waals surface area contributed by atoms with Gasteiger partial charge in [-0.1, -0.05) is 63.1 Å². The molecule has 2 aromatic heterocycles. The van der Waals surface area contributed by atoms with Gasteiger partial charge in [-0.2, -0.15) is 0 Å². The maximum atomic E-state index is 13.2. The van der Waals surface area contributed by atoms with Crippen molar-refractivity contribution < 1.29 is 9.47 Å². The summed E-state index contributed by atoms with van der Waals surface area (Å²) in [5.74, 6) is 1.81. The molecule has 1 aliphatic carbocycles. The number of aromatic nitrogens is 3. The molecular weight excluding hydrogens is 474 g/mol. The van der Waals surface area contributed by atoms with E-state index >= 15 is 0 Å². The Morgan fingerprint density at radius 1 is 0.974 bits per heavy atom. The first kappa shape index (κ1) is 25.2. The zero-order valence-corrected chi connectivity index (χ0v) is 22.5. The van der Waals surface area contributed by atoms with Crippen molar-refractivity contribution in [3.8, 4) is 16.9 Å². The molecule has 0 bridgehead atoms. The van der Waals surface area contributed by atoms with Crippen molar-refractivity contribution in [2.24, 2.45) is 13.0 Å². The average Bonchev–Trinajstić information content (AvgIpc) is 3.54. The molecule has 0 amide bonds. The van der Waals surface area contributed by atoms with E-state index in [1.807, 2.05) is 17.8 Å². The number of aryl methyl sites for hydroxylation is 1. The molecule has 2 fully saturated rings. The van der Waals surface area contributed by atoms with Crippen LogP contribution in [0.4, 0.5) is 0 Å². The smallest absolute Gasteiger partial charge is 0.329 e. The van der Waals surface area contributed by atoms with Crippen molar-refractivity contribution >= 4 is 21.9 Å². The minimum Gasteiger partial charge on any atom is -0.494 e.